The SMILES string of the molecule is Cc1nc(C(=O)Nc2ccnc(C(=O)O)c2)n[nH]1. The first-order chi connectivity index (χ1) is 8.56. The number of H-pyrrole nitrogens is 1. The zero-order chi connectivity index (χ0) is 13.1. The van der Waals surface area contributed by atoms with E-state index in [0.29, 0.717) is 11.5 Å². The van der Waals surface area contributed by atoms with Crippen molar-refractivity contribution >= 4 is 17.6 Å². The molecular formula is C10H9N5O3. The van der Waals surface area contributed by atoms with Crippen LogP contribution in [0.4, 0.5) is 5.69 Å². The Labute approximate surface area is 101 Å². The van der Waals surface area contributed by atoms with E-state index in [4.69, 9.17) is 5.11 Å². The number of carboxylic acid groups (broad SMARTS) is 1. The first kappa shape index (κ1) is 11.7. The van der Waals surface area contributed by atoms with Gasteiger partial charge < -0.3 is 10.4 Å². The van der Waals surface area contributed by atoms with Crippen LogP contribution in [0.2, 0.25) is 0 Å². The summed E-state index contributed by atoms with van der Waals surface area (Å²) in [7, 11) is 0. The minimum Gasteiger partial charge on any atom is -0.477 e. The highest BCUT2D eigenvalue weighted by Crippen LogP contribution is 2.09. The van der Waals surface area contributed by atoms with Gasteiger partial charge in [0.1, 0.15) is 11.5 Å². The van der Waals surface area contributed by atoms with Crippen molar-refractivity contribution in [1.82, 2.24) is 20.2 Å². The molecule has 1 amide bonds. The molecule has 2 heterocycles. The van der Waals surface area contributed by atoms with Crippen LogP contribution < -0.4 is 5.32 Å². The van der Waals surface area contributed by atoms with Crippen LogP contribution in [0.5, 0.6) is 0 Å². The molecule has 0 saturated carbocycles. The second-order valence-electron chi connectivity index (χ2n) is 3.43. The molecule has 0 aliphatic rings. The van der Waals surface area contributed by atoms with E-state index < -0.39 is 11.9 Å². The third-order valence-electron chi connectivity index (χ3n) is 2.04. The molecule has 0 aliphatic carbocycles. The Morgan fingerprint density at radius 1 is 1.44 bits per heavy atom. The molecule has 8 heteroatoms. The first-order valence-electron chi connectivity index (χ1n) is 4.96. The van der Waals surface area contributed by atoms with Gasteiger partial charge in [-0.15, -0.1) is 5.10 Å². The van der Waals surface area contributed by atoms with Gasteiger partial charge in [-0.25, -0.2) is 14.8 Å². The van der Waals surface area contributed by atoms with Crippen molar-refractivity contribution in [3.63, 3.8) is 0 Å². The van der Waals surface area contributed by atoms with Crippen LogP contribution in [-0.4, -0.2) is 37.1 Å². The number of pyridine rings is 1. The van der Waals surface area contributed by atoms with E-state index in [-0.39, 0.29) is 11.5 Å². The Balaban J connectivity index is 2.16. The van der Waals surface area contributed by atoms with Crippen molar-refractivity contribution in [3.05, 3.63) is 35.7 Å². The molecule has 0 aromatic carbocycles. The normalized spacial score (nSPS) is 10.1. The Kier molecular flexibility index (Phi) is 3.00. The molecule has 0 radical (unpaired) electrons. The van der Waals surface area contributed by atoms with Crippen LogP contribution in [0.15, 0.2) is 18.3 Å². The van der Waals surface area contributed by atoms with Gasteiger partial charge in [0.25, 0.3) is 5.91 Å². The van der Waals surface area contributed by atoms with Crippen LogP contribution >= 0.6 is 0 Å². The van der Waals surface area contributed by atoms with Gasteiger partial charge >= 0.3 is 5.97 Å². The lowest BCUT2D eigenvalue weighted by molar-refractivity contribution is 0.0690. The zero-order valence-electron chi connectivity index (χ0n) is 9.34. The molecule has 0 unspecified atom stereocenters. The number of carboxylic acids is 1. The third-order valence-corrected chi connectivity index (χ3v) is 2.04. The summed E-state index contributed by atoms with van der Waals surface area (Å²) in [6.07, 6.45) is 1.29. The van der Waals surface area contributed by atoms with Gasteiger partial charge in [0, 0.05) is 11.9 Å². The number of hydrogen-bond donors (Lipinski definition) is 3. The number of aromatic nitrogens is 4. The van der Waals surface area contributed by atoms with E-state index in [2.05, 4.69) is 25.5 Å². The number of aromatic carboxylic acids is 1. The summed E-state index contributed by atoms with van der Waals surface area (Å²) < 4.78 is 0. The van der Waals surface area contributed by atoms with E-state index in [0.717, 1.165) is 0 Å². The van der Waals surface area contributed by atoms with Crippen molar-refractivity contribution in [2.24, 2.45) is 0 Å². The summed E-state index contributed by atoms with van der Waals surface area (Å²) in [4.78, 5) is 29.9. The molecule has 0 spiro atoms. The molecule has 2 rings (SSSR count). The smallest absolute Gasteiger partial charge is 0.354 e. The number of aryl methyl sites for hydroxylation is 1. The Morgan fingerprint density at radius 3 is 2.83 bits per heavy atom. The highest BCUT2D eigenvalue weighted by atomic mass is 16.4. The summed E-state index contributed by atoms with van der Waals surface area (Å²) in [5, 5.41) is 17.5. The van der Waals surface area contributed by atoms with Gasteiger partial charge in [0.15, 0.2) is 0 Å². The fraction of sp³-hybridized carbons (Fsp3) is 0.100. The van der Waals surface area contributed by atoms with Gasteiger partial charge in [0.2, 0.25) is 5.82 Å². The van der Waals surface area contributed by atoms with Crippen molar-refractivity contribution < 1.29 is 14.7 Å². The molecule has 18 heavy (non-hydrogen) atoms. The number of anilines is 1. The molecule has 8 nitrogen and oxygen atoms in total. The average Bonchev–Trinajstić information content (AvgIpc) is 2.76. The van der Waals surface area contributed by atoms with Crippen molar-refractivity contribution in [1.29, 1.82) is 0 Å². The number of aromatic amines is 1. The monoisotopic (exact) mass is 247 g/mol. The summed E-state index contributed by atoms with van der Waals surface area (Å²) in [5.41, 5.74) is 0.161. The second-order valence-corrected chi connectivity index (χ2v) is 3.43. The lowest BCUT2D eigenvalue weighted by Crippen LogP contribution is -2.14. The molecule has 0 fully saturated rings. The number of nitrogens with zero attached hydrogens (tertiary/aromatic N) is 3. The van der Waals surface area contributed by atoms with Gasteiger partial charge in [-0.2, -0.15) is 0 Å². The maximum Gasteiger partial charge on any atom is 0.354 e. The fourth-order valence-corrected chi connectivity index (χ4v) is 1.26. The molecule has 0 saturated heterocycles. The molecule has 0 aliphatic heterocycles. The minimum absolute atomic E-state index is 0.0128. The predicted molar refractivity (Wildman–Crippen MR) is 60.3 cm³/mol. The Morgan fingerprint density at radius 2 is 2.22 bits per heavy atom. The fourth-order valence-electron chi connectivity index (χ4n) is 1.26. The number of carbonyl (C=O) groups is 2. The van der Waals surface area contributed by atoms with E-state index in [1.165, 1.54) is 18.3 Å². The van der Waals surface area contributed by atoms with Gasteiger partial charge in [-0.1, -0.05) is 0 Å². The highest BCUT2D eigenvalue weighted by molar-refractivity contribution is 6.02. The van der Waals surface area contributed by atoms with Crippen LogP contribution in [0, 0.1) is 6.92 Å². The van der Waals surface area contributed by atoms with Crippen LogP contribution in [0.3, 0.4) is 0 Å². The number of hydrogen-bond acceptors (Lipinski definition) is 5. The third kappa shape index (κ3) is 2.48. The van der Waals surface area contributed by atoms with Crippen LogP contribution in [-0.2, 0) is 0 Å². The standard InChI is InChI=1S/C10H9N5O3/c1-5-12-8(15-14-5)9(16)13-6-2-3-11-7(4-6)10(17)18/h2-4H,1H3,(H,17,18)(H,11,13,16)(H,12,14,15). The lowest BCUT2D eigenvalue weighted by atomic mass is 10.3. The summed E-state index contributed by atoms with van der Waals surface area (Å²) in [6.45, 7) is 1.67. The highest BCUT2D eigenvalue weighted by Gasteiger charge is 2.12. The van der Waals surface area contributed by atoms with Crippen LogP contribution in [0.1, 0.15) is 26.9 Å². The molecule has 2 aromatic heterocycles. The predicted octanol–water partition coefficient (Wildman–Crippen LogP) is 0.459. The molecule has 0 bridgehead atoms. The number of amides is 1. The van der Waals surface area contributed by atoms with E-state index in [9.17, 15) is 9.59 Å². The first-order valence-corrected chi connectivity index (χ1v) is 4.96. The summed E-state index contributed by atoms with van der Waals surface area (Å²) in [5.74, 6) is -1.19. The largest absolute Gasteiger partial charge is 0.477 e. The van der Waals surface area contributed by atoms with E-state index in [1.54, 1.807) is 6.92 Å². The maximum absolute atomic E-state index is 11.7. The van der Waals surface area contributed by atoms with Crippen molar-refractivity contribution in [3.8, 4) is 0 Å². The molecule has 0 atom stereocenters. The molecular weight excluding hydrogens is 238 g/mol. The Hall–Kier alpha value is -2.77. The minimum atomic E-state index is -1.17. The van der Waals surface area contributed by atoms with Gasteiger partial charge in [-0.05, 0) is 19.1 Å². The van der Waals surface area contributed by atoms with Gasteiger partial charge in [-0.3, -0.25) is 9.89 Å². The summed E-state index contributed by atoms with van der Waals surface area (Å²) >= 11 is 0. The van der Waals surface area contributed by atoms with Crippen molar-refractivity contribution in [2.75, 3.05) is 5.32 Å². The van der Waals surface area contributed by atoms with E-state index >= 15 is 0 Å². The topological polar surface area (TPSA) is 121 Å². The number of rotatable bonds is 3. The molecule has 92 valence electrons. The number of nitrogens with one attached hydrogen (secondary N) is 2. The lowest BCUT2D eigenvalue weighted by Gasteiger charge is -2.02. The van der Waals surface area contributed by atoms with Crippen LogP contribution in [0.25, 0.3) is 0 Å². The quantitative estimate of drug-likeness (QED) is 0.724. The second kappa shape index (κ2) is 4.62. The zero-order valence-corrected chi connectivity index (χ0v) is 9.34. The van der Waals surface area contributed by atoms with E-state index in [1.807, 2.05) is 0 Å². The Bertz CT molecular complexity index is 607. The molecule has 3 N–H and O–H groups in total. The average molecular weight is 247 g/mol. The van der Waals surface area contributed by atoms with Crippen molar-refractivity contribution in [2.45, 2.75) is 6.92 Å². The van der Waals surface area contributed by atoms with Gasteiger partial charge in [0.05, 0.1) is 0 Å². The molecule has 2 aromatic rings. The summed E-state index contributed by atoms with van der Waals surface area (Å²) in [6, 6.07) is 2.73. The maximum atomic E-state index is 11.7. The number of carbonyl (C=O) groups excluding carboxylic acids is 1.